The van der Waals surface area contributed by atoms with Crippen LogP contribution in [-0.2, 0) is 11.4 Å². The molecule has 0 aliphatic carbocycles. The van der Waals surface area contributed by atoms with Gasteiger partial charge in [0.05, 0.1) is 6.21 Å². The first kappa shape index (κ1) is 26.8. The van der Waals surface area contributed by atoms with Crippen molar-refractivity contribution in [2.45, 2.75) is 26.5 Å². The summed E-state index contributed by atoms with van der Waals surface area (Å²) in [6, 6.07) is 23.3. The van der Waals surface area contributed by atoms with E-state index < -0.39 is 23.7 Å². The van der Waals surface area contributed by atoms with Crippen molar-refractivity contribution in [2.24, 2.45) is 11.0 Å². The molecular formula is C30H27ClFN3O3. The summed E-state index contributed by atoms with van der Waals surface area (Å²) in [5.41, 5.74) is 4.45. The third-order valence-corrected chi connectivity index (χ3v) is 6.20. The molecule has 0 fully saturated rings. The number of carbonyl (C=O) groups is 2. The number of nitrogens with zero attached hydrogens (tertiary/aromatic N) is 1. The zero-order chi connectivity index (χ0) is 27.1. The Labute approximate surface area is 225 Å². The maximum atomic E-state index is 13.2. The van der Waals surface area contributed by atoms with Gasteiger partial charge in [-0.05, 0) is 64.7 Å². The summed E-state index contributed by atoms with van der Waals surface area (Å²) in [7, 11) is 0. The van der Waals surface area contributed by atoms with Crippen molar-refractivity contribution in [3.8, 4) is 5.75 Å². The second kappa shape index (κ2) is 12.3. The first-order chi connectivity index (χ1) is 18.3. The van der Waals surface area contributed by atoms with Crippen LogP contribution in [-0.4, -0.2) is 24.1 Å². The number of fused-ring (bicyclic) bond motifs is 1. The second-order valence-electron chi connectivity index (χ2n) is 9.05. The first-order valence-corrected chi connectivity index (χ1v) is 12.5. The standard InChI is InChI=1S/C30H27ClFN3O3/c1-19(2)28(34-29(36)22-9-14-24(32)15-10-22)30(37)35-33-17-26-25-6-4-3-5-21(25)11-16-27(26)38-18-20-7-12-23(31)13-8-20/h3-17,19,28H,18H2,1-2H3,(H,34,36)(H,35,37)/b33-17+. The molecule has 194 valence electrons. The molecule has 38 heavy (non-hydrogen) atoms. The lowest BCUT2D eigenvalue weighted by molar-refractivity contribution is -0.123. The lowest BCUT2D eigenvalue weighted by atomic mass is 10.0. The van der Waals surface area contributed by atoms with Gasteiger partial charge in [0.2, 0.25) is 0 Å². The Bertz CT molecular complexity index is 1450. The van der Waals surface area contributed by atoms with Crippen molar-refractivity contribution < 1.29 is 18.7 Å². The molecule has 0 aliphatic heterocycles. The van der Waals surface area contributed by atoms with Gasteiger partial charge in [-0.2, -0.15) is 5.10 Å². The number of rotatable bonds is 9. The van der Waals surface area contributed by atoms with Gasteiger partial charge in [-0.3, -0.25) is 9.59 Å². The summed E-state index contributed by atoms with van der Waals surface area (Å²) in [6.07, 6.45) is 1.54. The van der Waals surface area contributed by atoms with Gasteiger partial charge in [0.25, 0.3) is 11.8 Å². The fourth-order valence-electron chi connectivity index (χ4n) is 3.87. The van der Waals surface area contributed by atoms with Crippen molar-refractivity contribution in [3.63, 3.8) is 0 Å². The summed E-state index contributed by atoms with van der Waals surface area (Å²) < 4.78 is 19.3. The van der Waals surface area contributed by atoms with Crippen molar-refractivity contribution in [1.82, 2.24) is 10.7 Å². The van der Waals surface area contributed by atoms with Gasteiger partial charge in [0.15, 0.2) is 0 Å². The van der Waals surface area contributed by atoms with Crippen molar-refractivity contribution in [3.05, 3.63) is 112 Å². The molecule has 0 aliphatic rings. The molecule has 2 N–H and O–H groups in total. The molecule has 4 aromatic carbocycles. The van der Waals surface area contributed by atoms with Crippen LogP contribution in [0.2, 0.25) is 5.02 Å². The SMILES string of the molecule is CC(C)C(NC(=O)c1ccc(F)cc1)C(=O)N/N=C/c1c(OCc2ccc(Cl)cc2)ccc2ccccc12. The highest BCUT2D eigenvalue weighted by molar-refractivity contribution is 6.30. The number of benzene rings is 4. The topological polar surface area (TPSA) is 79.8 Å². The minimum atomic E-state index is -0.849. The molecule has 0 saturated carbocycles. The lowest BCUT2D eigenvalue weighted by Gasteiger charge is -2.20. The molecule has 8 heteroatoms. The molecule has 1 atom stereocenters. The zero-order valence-electron chi connectivity index (χ0n) is 20.9. The Morgan fingerprint density at radius 1 is 0.974 bits per heavy atom. The Kier molecular flexibility index (Phi) is 8.71. The third kappa shape index (κ3) is 6.75. The second-order valence-corrected chi connectivity index (χ2v) is 9.49. The third-order valence-electron chi connectivity index (χ3n) is 5.95. The van der Waals surface area contributed by atoms with E-state index in [0.29, 0.717) is 22.9 Å². The molecule has 0 bridgehead atoms. The van der Waals surface area contributed by atoms with Crippen LogP contribution in [0.25, 0.3) is 10.8 Å². The Hall–Kier alpha value is -4.23. The van der Waals surface area contributed by atoms with Gasteiger partial charge in [-0.1, -0.05) is 67.9 Å². The highest BCUT2D eigenvalue weighted by atomic mass is 35.5. The molecule has 2 amide bonds. The molecule has 0 radical (unpaired) electrons. The first-order valence-electron chi connectivity index (χ1n) is 12.1. The van der Waals surface area contributed by atoms with Crippen molar-refractivity contribution >= 4 is 40.4 Å². The number of nitrogens with one attached hydrogen (secondary N) is 2. The van der Waals surface area contributed by atoms with Crippen LogP contribution in [0.4, 0.5) is 4.39 Å². The Morgan fingerprint density at radius 2 is 1.68 bits per heavy atom. The van der Waals surface area contributed by atoms with E-state index in [1.807, 2.05) is 62.4 Å². The van der Waals surface area contributed by atoms with E-state index in [1.54, 1.807) is 12.1 Å². The fourth-order valence-corrected chi connectivity index (χ4v) is 3.99. The van der Waals surface area contributed by atoms with Crippen LogP contribution in [0.15, 0.2) is 90.0 Å². The van der Waals surface area contributed by atoms with E-state index in [-0.39, 0.29) is 11.5 Å². The maximum Gasteiger partial charge on any atom is 0.262 e. The van der Waals surface area contributed by atoms with Crippen molar-refractivity contribution in [2.75, 3.05) is 0 Å². The molecule has 6 nitrogen and oxygen atoms in total. The van der Waals surface area contributed by atoms with Crippen LogP contribution < -0.4 is 15.5 Å². The summed E-state index contributed by atoms with van der Waals surface area (Å²) in [4.78, 5) is 25.5. The van der Waals surface area contributed by atoms with Gasteiger partial charge < -0.3 is 10.1 Å². The van der Waals surface area contributed by atoms with E-state index in [1.165, 1.54) is 30.5 Å². The maximum absolute atomic E-state index is 13.2. The van der Waals surface area contributed by atoms with Gasteiger partial charge in [-0.25, -0.2) is 9.82 Å². The monoisotopic (exact) mass is 531 g/mol. The van der Waals surface area contributed by atoms with E-state index in [0.717, 1.165) is 16.3 Å². The van der Waals surface area contributed by atoms with Crippen LogP contribution in [0.5, 0.6) is 5.75 Å². The molecule has 0 aromatic heterocycles. The number of hydrogen-bond acceptors (Lipinski definition) is 4. The Morgan fingerprint density at radius 3 is 2.39 bits per heavy atom. The number of carbonyl (C=O) groups excluding carboxylic acids is 2. The Balaban J connectivity index is 1.51. The average Bonchev–Trinajstić information content (AvgIpc) is 2.92. The molecule has 1 unspecified atom stereocenters. The smallest absolute Gasteiger partial charge is 0.262 e. The van der Waals surface area contributed by atoms with Crippen LogP contribution in [0.1, 0.15) is 35.3 Å². The van der Waals surface area contributed by atoms with Gasteiger partial charge in [-0.15, -0.1) is 0 Å². The predicted octanol–water partition coefficient (Wildman–Crippen LogP) is 6.12. The van der Waals surface area contributed by atoms with E-state index >= 15 is 0 Å². The predicted molar refractivity (Wildman–Crippen MR) is 148 cm³/mol. The summed E-state index contributed by atoms with van der Waals surface area (Å²) in [6.45, 7) is 3.95. The molecule has 0 saturated heterocycles. The van der Waals surface area contributed by atoms with Gasteiger partial charge in [0, 0.05) is 16.1 Å². The van der Waals surface area contributed by atoms with Crippen LogP contribution >= 0.6 is 11.6 Å². The van der Waals surface area contributed by atoms with Crippen molar-refractivity contribution in [1.29, 1.82) is 0 Å². The largest absolute Gasteiger partial charge is 0.488 e. The van der Waals surface area contributed by atoms with E-state index in [2.05, 4.69) is 15.8 Å². The van der Waals surface area contributed by atoms with Crippen LogP contribution in [0, 0.1) is 11.7 Å². The molecule has 4 aromatic rings. The molecular weight excluding hydrogens is 505 g/mol. The average molecular weight is 532 g/mol. The molecule has 4 rings (SSSR count). The van der Waals surface area contributed by atoms with Crippen LogP contribution in [0.3, 0.4) is 0 Å². The summed E-state index contributed by atoms with van der Waals surface area (Å²) in [5.74, 6) is -1.02. The quantitative estimate of drug-likeness (QED) is 0.202. The highest BCUT2D eigenvalue weighted by Crippen LogP contribution is 2.27. The lowest BCUT2D eigenvalue weighted by Crippen LogP contribution is -2.48. The summed E-state index contributed by atoms with van der Waals surface area (Å²) in [5, 5.41) is 9.44. The number of hydrogen-bond donors (Lipinski definition) is 2. The number of hydrazone groups is 1. The normalized spacial score (nSPS) is 12.0. The number of amides is 2. The van der Waals surface area contributed by atoms with E-state index in [4.69, 9.17) is 16.3 Å². The minimum absolute atomic E-state index is 0.217. The molecule has 0 heterocycles. The fraction of sp³-hybridized carbons (Fsp3) is 0.167. The minimum Gasteiger partial charge on any atom is -0.488 e. The van der Waals surface area contributed by atoms with E-state index in [9.17, 15) is 14.0 Å². The zero-order valence-corrected chi connectivity index (χ0v) is 21.7. The molecule has 0 spiro atoms. The highest BCUT2D eigenvalue weighted by Gasteiger charge is 2.24. The number of ether oxygens (including phenoxy) is 1. The summed E-state index contributed by atoms with van der Waals surface area (Å²) >= 11 is 5.98. The number of halogens is 2. The van der Waals surface area contributed by atoms with Gasteiger partial charge >= 0.3 is 0 Å². The van der Waals surface area contributed by atoms with Gasteiger partial charge in [0.1, 0.15) is 24.2 Å².